The first-order valence-corrected chi connectivity index (χ1v) is 9.82. The van der Waals surface area contributed by atoms with Crippen LogP contribution in [0.5, 0.6) is 0 Å². The Balaban J connectivity index is 1.91. The molecule has 1 aliphatic carbocycles. The zero-order valence-electron chi connectivity index (χ0n) is 13.1. The Morgan fingerprint density at radius 2 is 2.00 bits per heavy atom. The molecule has 0 spiro atoms. The number of nitrogens with two attached hydrogens (primary N) is 1. The molecule has 4 heteroatoms. The van der Waals surface area contributed by atoms with Gasteiger partial charge in [0.15, 0.2) is 0 Å². The second-order valence-corrected chi connectivity index (χ2v) is 8.83. The van der Waals surface area contributed by atoms with Crippen LogP contribution in [0.3, 0.4) is 0 Å². The molecule has 0 bridgehead atoms. The standard InChI is InChI=1S/C17H27NO2S/c1-13-6-3-4-7-14(13)10-11-17(18)15-8-5-9-16(12-15)21(2,19)20/h3-4,6-7,15-17H,5,8-12,18H2,1-2H3. The molecular weight excluding hydrogens is 282 g/mol. The molecule has 0 saturated heterocycles. The quantitative estimate of drug-likeness (QED) is 0.910. The lowest BCUT2D eigenvalue weighted by Crippen LogP contribution is -2.37. The van der Waals surface area contributed by atoms with Crippen molar-refractivity contribution in [3.8, 4) is 0 Å². The second kappa shape index (κ2) is 6.93. The van der Waals surface area contributed by atoms with E-state index in [4.69, 9.17) is 5.73 Å². The maximum absolute atomic E-state index is 11.7. The molecule has 1 saturated carbocycles. The third kappa shape index (κ3) is 4.55. The Hall–Kier alpha value is -0.870. The normalized spacial score (nSPS) is 24.7. The average Bonchev–Trinajstić information content (AvgIpc) is 2.45. The van der Waals surface area contributed by atoms with Gasteiger partial charge in [0, 0.05) is 12.3 Å². The first-order valence-electron chi connectivity index (χ1n) is 7.87. The van der Waals surface area contributed by atoms with E-state index in [-0.39, 0.29) is 11.3 Å². The molecule has 3 unspecified atom stereocenters. The Kier molecular flexibility index (Phi) is 5.44. The van der Waals surface area contributed by atoms with Gasteiger partial charge in [0.05, 0.1) is 5.25 Å². The minimum atomic E-state index is -2.92. The van der Waals surface area contributed by atoms with Gasteiger partial charge in [-0.15, -0.1) is 0 Å². The van der Waals surface area contributed by atoms with E-state index < -0.39 is 9.84 Å². The van der Waals surface area contributed by atoms with Crippen molar-refractivity contribution in [1.29, 1.82) is 0 Å². The fourth-order valence-corrected chi connectivity index (χ4v) is 4.60. The molecule has 1 fully saturated rings. The van der Waals surface area contributed by atoms with E-state index >= 15 is 0 Å². The number of rotatable bonds is 5. The number of aryl methyl sites for hydroxylation is 2. The van der Waals surface area contributed by atoms with Crippen molar-refractivity contribution in [3.63, 3.8) is 0 Å². The van der Waals surface area contributed by atoms with Gasteiger partial charge in [-0.05, 0) is 56.1 Å². The lowest BCUT2D eigenvalue weighted by Gasteiger charge is -2.32. The predicted octanol–water partition coefficient (Wildman–Crippen LogP) is 2.86. The van der Waals surface area contributed by atoms with Gasteiger partial charge in [0.2, 0.25) is 0 Å². The number of sulfone groups is 1. The molecule has 3 nitrogen and oxygen atoms in total. The number of benzene rings is 1. The highest BCUT2D eigenvalue weighted by atomic mass is 32.2. The van der Waals surface area contributed by atoms with E-state index in [2.05, 4.69) is 31.2 Å². The molecule has 0 amide bonds. The van der Waals surface area contributed by atoms with E-state index in [0.29, 0.717) is 5.92 Å². The highest BCUT2D eigenvalue weighted by Crippen LogP contribution is 2.31. The zero-order chi connectivity index (χ0) is 15.5. The summed E-state index contributed by atoms with van der Waals surface area (Å²) in [5.74, 6) is 0.350. The summed E-state index contributed by atoms with van der Waals surface area (Å²) >= 11 is 0. The minimum absolute atomic E-state index is 0.106. The van der Waals surface area contributed by atoms with Gasteiger partial charge in [0.25, 0.3) is 0 Å². The first-order chi connectivity index (χ1) is 9.88. The van der Waals surface area contributed by atoms with Crippen molar-refractivity contribution in [1.82, 2.24) is 0 Å². The van der Waals surface area contributed by atoms with Gasteiger partial charge in [-0.3, -0.25) is 0 Å². The molecule has 1 aromatic rings. The SMILES string of the molecule is Cc1ccccc1CCC(N)C1CCCC(S(C)(=O)=O)C1. The van der Waals surface area contributed by atoms with Crippen molar-refractivity contribution < 1.29 is 8.42 Å². The number of hydrogen-bond donors (Lipinski definition) is 1. The topological polar surface area (TPSA) is 60.2 Å². The van der Waals surface area contributed by atoms with Gasteiger partial charge < -0.3 is 5.73 Å². The van der Waals surface area contributed by atoms with Crippen LogP contribution < -0.4 is 5.73 Å². The molecule has 118 valence electrons. The summed E-state index contributed by atoms with van der Waals surface area (Å²) in [4.78, 5) is 0. The van der Waals surface area contributed by atoms with E-state index in [9.17, 15) is 8.42 Å². The van der Waals surface area contributed by atoms with Gasteiger partial charge in [-0.2, -0.15) is 0 Å². The Morgan fingerprint density at radius 3 is 2.67 bits per heavy atom. The van der Waals surface area contributed by atoms with Crippen LogP contribution in [0.4, 0.5) is 0 Å². The van der Waals surface area contributed by atoms with Gasteiger partial charge >= 0.3 is 0 Å². The van der Waals surface area contributed by atoms with Crippen LogP contribution >= 0.6 is 0 Å². The maximum atomic E-state index is 11.7. The molecule has 0 aliphatic heterocycles. The maximum Gasteiger partial charge on any atom is 0.150 e. The lowest BCUT2D eigenvalue weighted by molar-refractivity contribution is 0.296. The average molecular weight is 309 g/mol. The molecule has 2 N–H and O–H groups in total. The van der Waals surface area contributed by atoms with Crippen LogP contribution in [0, 0.1) is 12.8 Å². The Bertz CT molecular complexity index is 568. The summed E-state index contributed by atoms with van der Waals surface area (Å²) in [5.41, 5.74) is 9.02. The van der Waals surface area contributed by atoms with Crippen molar-refractivity contribution in [2.24, 2.45) is 11.7 Å². The summed E-state index contributed by atoms with van der Waals surface area (Å²) in [6, 6.07) is 8.50. The monoisotopic (exact) mass is 309 g/mol. The first kappa shape index (κ1) is 16.5. The summed E-state index contributed by atoms with van der Waals surface area (Å²) in [5, 5.41) is -0.180. The van der Waals surface area contributed by atoms with Crippen LogP contribution in [-0.4, -0.2) is 26.0 Å². The van der Waals surface area contributed by atoms with Gasteiger partial charge in [-0.1, -0.05) is 30.7 Å². The summed E-state index contributed by atoms with van der Waals surface area (Å²) in [7, 11) is -2.92. The van der Waals surface area contributed by atoms with Crippen molar-refractivity contribution >= 4 is 9.84 Å². The van der Waals surface area contributed by atoms with E-state index in [0.717, 1.165) is 38.5 Å². The van der Waals surface area contributed by atoms with Crippen LogP contribution in [-0.2, 0) is 16.3 Å². The highest BCUT2D eigenvalue weighted by molar-refractivity contribution is 7.91. The molecule has 21 heavy (non-hydrogen) atoms. The molecule has 2 rings (SSSR count). The molecule has 1 aromatic carbocycles. The molecular formula is C17H27NO2S. The second-order valence-electron chi connectivity index (χ2n) is 6.51. The van der Waals surface area contributed by atoms with Crippen LogP contribution in [0.25, 0.3) is 0 Å². The van der Waals surface area contributed by atoms with E-state index in [1.807, 2.05) is 0 Å². The Labute approximate surface area is 128 Å². The third-order valence-corrected chi connectivity index (χ3v) is 6.53. The predicted molar refractivity (Wildman–Crippen MR) is 88.1 cm³/mol. The highest BCUT2D eigenvalue weighted by Gasteiger charge is 2.31. The van der Waals surface area contributed by atoms with E-state index in [1.54, 1.807) is 0 Å². The Morgan fingerprint density at radius 1 is 1.29 bits per heavy atom. The molecule has 3 atom stereocenters. The van der Waals surface area contributed by atoms with E-state index in [1.165, 1.54) is 17.4 Å². The molecule has 0 heterocycles. The smallest absolute Gasteiger partial charge is 0.150 e. The molecule has 1 aliphatic rings. The van der Waals surface area contributed by atoms with Crippen LogP contribution in [0.1, 0.15) is 43.2 Å². The van der Waals surface area contributed by atoms with Gasteiger partial charge in [0.1, 0.15) is 9.84 Å². The van der Waals surface area contributed by atoms with Crippen molar-refractivity contribution in [2.45, 2.75) is 56.7 Å². The zero-order valence-corrected chi connectivity index (χ0v) is 13.9. The minimum Gasteiger partial charge on any atom is -0.327 e. The third-order valence-electron chi connectivity index (χ3n) is 4.89. The van der Waals surface area contributed by atoms with Crippen LogP contribution in [0.2, 0.25) is 0 Å². The summed E-state index contributed by atoms with van der Waals surface area (Å²) in [6.07, 6.45) is 6.88. The molecule has 0 aromatic heterocycles. The fourth-order valence-electron chi connectivity index (χ4n) is 3.41. The molecule has 0 radical (unpaired) electrons. The fraction of sp³-hybridized carbons (Fsp3) is 0.647. The summed E-state index contributed by atoms with van der Waals surface area (Å²) < 4.78 is 23.5. The summed E-state index contributed by atoms with van der Waals surface area (Å²) in [6.45, 7) is 2.13. The lowest BCUT2D eigenvalue weighted by atomic mass is 9.82. The largest absolute Gasteiger partial charge is 0.327 e. The van der Waals surface area contributed by atoms with Crippen molar-refractivity contribution in [3.05, 3.63) is 35.4 Å². The number of hydrogen-bond acceptors (Lipinski definition) is 3. The van der Waals surface area contributed by atoms with Crippen molar-refractivity contribution in [2.75, 3.05) is 6.26 Å². The van der Waals surface area contributed by atoms with Gasteiger partial charge in [-0.25, -0.2) is 8.42 Å². The van der Waals surface area contributed by atoms with Crippen LogP contribution in [0.15, 0.2) is 24.3 Å².